The van der Waals surface area contributed by atoms with Crippen LogP contribution in [0, 0.1) is 0 Å². The Morgan fingerprint density at radius 3 is 2.90 bits per heavy atom. The SMILES string of the molecule is O=C(O)C[C@H]1C[C@H](F)CN1. The Labute approximate surface area is 58.2 Å². The first kappa shape index (κ1) is 7.47. The third-order valence-electron chi connectivity index (χ3n) is 1.59. The highest BCUT2D eigenvalue weighted by Gasteiger charge is 2.24. The van der Waals surface area contributed by atoms with E-state index in [4.69, 9.17) is 5.11 Å². The topological polar surface area (TPSA) is 49.3 Å². The van der Waals surface area contributed by atoms with Gasteiger partial charge in [0.05, 0.1) is 6.42 Å². The predicted octanol–water partition coefficient (Wildman–Crippen LogP) is 0.161. The first-order valence-corrected chi connectivity index (χ1v) is 3.27. The molecular formula is C6H10FNO2. The van der Waals surface area contributed by atoms with E-state index < -0.39 is 12.1 Å². The molecule has 0 saturated carbocycles. The van der Waals surface area contributed by atoms with Crippen molar-refractivity contribution in [2.45, 2.75) is 25.1 Å². The molecule has 1 rings (SSSR count). The predicted molar refractivity (Wildman–Crippen MR) is 33.6 cm³/mol. The average molecular weight is 147 g/mol. The van der Waals surface area contributed by atoms with E-state index >= 15 is 0 Å². The van der Waals surface area contributed by atoms with Gasteiger partial charge >= 0.3 is 5.97 Å². The van der Waals surface area contributed by atoms with E-state index in [1.165, 1.54) is 0 Å². The van der Waals surface area contributed by atoms with Crippen LogP contribution in [0.15, 0.2) is 0 Å². The molecule has 0 aliphatic carbocycles. The van der Waals surface area contributed by atoms with Crippen LogP contribution in [0.25, 0.3) is 0 Å². The maximum atomic E-state index is 12.4. The Morgan fingerprint density at radius 2 is 2.50 bits per heavy atom. The third kappa shape index (κ3) is 1.95. The van der Waals surface area contributed by atoms with Gasteiger partial charge in [0.15, 0.2) is 0 Å². The summed E-state index contributed by atoms with van der Waals surface area (Å²) in [7, 11) is 0. The number of carbonyl (C=O) groups is 1. The number of alkyl halides is 1. The van der Waals surface area contributed by atoms with Crippen LogP contribution >= 0.6 is 0 Å². The lowest BCUT2D eigenvalue weighted by atomic mass is 10.1. The Bertz CT molecular complexity index is 140. The minimum absolute atomic E-state index is 0.0282. The molecule has 2 atom stereocenters. The molecule has 0 aromatic heterocycles. The van der Waals surface area contributed by atoms with Gasteiger partial charge in [0.2, 0.25) is 0 Å². The van der Waals surface area contributed by atoms with E-state index in [-0.39, 0.29) is 12.5 Å². The Balaban J connectivity index is 2.24. The van der Waals surface area contributed by atoms with Gasteiger partial charge in [0.25, 0.3) is 0 Å². The lowest BCUT2D eigenvalue weighted by Gasteiger charge is -2.03. The van der Waals surface area contributed by atoms with Crippen LogP contribution in [0.3, 0.4) is 0 Å². The maximum absolute atomic E-state index is 12.4. The molecule has 1 aliphatic heterocycles. The smallest absolute Gasteiger partial charge is 0.304 e. The summed E-state index contributed by atoms with van der Waals surface area (Å²) < 4.78 is 12.4. The van der Waals surface area contributed by atoms with E-state index in [9.17, 15) is 9.18 Å². The molecule has 0 spiro atoms. The van der Waals surface area contributed by atoms with E-state index in [1.807, 2.05) is 0 Å². The second-order valence-corrected chi connectivity index (χ2v) is 2.54. The summed E-state index contributed by atoms with van der Waals surface area (Å²) in [5.41, 5.74) is 0. The number of hydrogen-bond donors (Lipinski definition) is 2. The van der Waals surface area contributed by atoms with Gasteiger partial charge in [0, 0.05) is 12.6 Å². The van der Waals surface area contributed by atoms with Gasteiger partial charge in [-0.2, -0.15) is 0 Å². The average Bonchev–Trinajstić information content (AvgIpc) is 2.13. The quantitative estimate of drug-likeness (QED) is 0.585. The zero-order chi connectivity index (χ0) is 7.56. The monoisotopic (exact) mass is 147 g/mol. The maximum Gasteiger partial charge on any atom is 0.304 e. The number of carboxylic acid groups (broad SMARTS) is 1. The number of aliphatic carboxylic acids is 1. The molecule has 0 radical (unpaired) electrons. The lowest BCUT2D eigenvalue weighted by Crippen LogP contribution is -2.24. The molecule has 0 unspecified atom stereocenters. The van der Waals surface area contributed by atoms with Crippen molar-refractivity contribution in [1.82, 2.24) is 5.32 Å². The van der Waals surface area contributed by atoms with Crippen LogP contribution in [0.4, 0.5) is 4.39 Å². The van der Waals surface area contributed by atoms with Gasteiger partial charge in [-0.25, -0.2) is 4.39 Å². The fourth-order valence-corrected chi connectivity index (χ4v) is 1.14. The highest BCUT2D eigenvalue weighted by Crippen LogP contribution is 2.12. The van der Waals surface area contributed by atoms with Crippen LogP contribution in [0.1, 0.15) is 12.8 Å². The van der Waals surface area contributed by atoms with E-state index in [0.717, 1.165) is 0 Å². The van der Waals surface area contributed by atoms with Crippen molar-refractivity contribution in [3.8, 4) is 0 Å². The van der Waals surface area contributed by atoms with Crippen LogP contribution in [-0.4, -0.2) is 29.8 Å². The minimum atomic E-state index is -0.869. The molecule has 0 aromatic carbocycles. The highest BCUT2D eigenvalue weighted by molar-refractivity contribution is 5.67. The lowest BCUT2D eigenvalue weighted by molar-refractivity contribution is -0.137. The Morgan fingerprint density at radius 1 is 1.80 bits per heavy atom. The van der Waals surface area contributed by atoms with Gasteiger partial charge in [-0.1, -0.05) is 0 Å². The van der Waals surface area contributed by atoms with E-state index in [2.05, 4.69) is 5.32 Å². The molecule has 0 aromatic rings. The summed E-state index contributed by atoms with van der Waals surface area (Å²) in [6, 6.07) is -0.160. The largest absolute Gasteiger partial charge is 0.481 e. The van der Waals surface area contributed by atoms with Gasteiger partial charge in [-0.15, -0.1) is 0 Å². The molecule has 58 valence electrons. The van der Waals surface area contributed by atoms with E-state index in [1.54, 1.807) is 0 Å². The Kier molecular flexibility index (Phi) is 2.21. The van der Waals surface area contributed by atoms with Crippen LogP contribution < -0.4 is 5.32 Å². The van der Waals surface area contributed by atoms with Crippen molar-refractivity contribution < 1.29 is 14.3 Å². The zero-order valence-corrected chi connectivity index (χ0v) is 5.51. The summed E-state index contributed by atoms with van der Waals surface area (Å²) in [6.45, 7) is 0.304. The van der Waals surface area contributed by atoms with Crippen LogP contribution in [-0.2, 0) is 4.79 Å². The third-order valence-corrected chi connectivity index (χ3v) is 1.59. The molecule has 4 heteroatoms. The molecule has 3 nitrogen and oxygen atoms in total. The molecule has 0 amide bonds. The van der Waals surface area contributed by atoms with Crippen molar-refractivity contribution in [2.24, 2.45) is 0 Å². The fourth-order valence-electron chi connectivity index (χ4n) is 1.14. The first-order valence-electron chi connectivity index (χ1n) is 3.27. The van der Waals surface area contributed by atoms with Gasteiger partial charge in [-0.05, 0) is 6.42 Å². The van der Waals surface area contributed by atoms with Gasteiger partial charge < -0.3 is 10.4 Å². The minimum Gasteiger partial charge on any atom is -0.481 e. The Hall–Kier alpha value is -0.640. The van der Waals surface area contributed by atoms with Gasteiger partial charge in [-0.3, -0.25) is 4.79 Å². The van der Waals surface area contributed by atoms with Crippen molar-refractivity contribution in [2.75, 3.05) is 6.54 Å². The molecule has 1 saturated heterocycles. The van der Waals surface area contributed by atoms with Crippen LogP contribution in [0.2, 0.25) is 0 Å². The van der Waals surface area contributed by atoms with Crippen molar-refractivity contribution in [1.29, 1.82) is 0 Å². The zero-order valence-electron chi connectivity index (χ0n) is 5.51. The second-order valence-electron chi connectivity index (χ2n) is 2.54. The first-order chi connectivity index (χ1) is 4.68. The molecular weight excluding hydrogens is 137 g/mol. The standard InChI is InChI=1S/C6H10FNO2/c7-4-1-5(8-3-4)2-6(9)10/h4-5,8H,1-3H2,(H,9,10)/t4-,5+/m0/s1. The summed E-state index contributed by atoms with van der Waals surface area (Å²) in [5.74, 6) is -0.869. The highest BCUT2D eigenvalue weighted by atomic mass is 19.1. The second kappa shape index (κ2) is 2.96. The van der Waals surface area contributed by atoms with Gasteiger partial charge in [0.1, 0.15) is 6.17 Å². The number of nitrogens with one attached hydrogen (secondary N) is 1. The van der Waals surface area contributed by atoms with Crippen molar-refractivity contribution in [3.63, 3.8) is 0 Å². The molecule has 1 heterocycles. The van der Waals surface area contributed by atoms with Crippen molar-refractivity contribution in [3.05, 3.63) is 0 Å². The molecule has 1 fully saturated rings. The number of hydrogen-bond acceptors (Lipinski definition) is 2. The summed E-state index contributed by atoms with van der Waals surface area (Å²) in [6.07, 6.45) is -0.489. The molecule has 10 heavy (non-hydrogen) atoms. The van der Waals surface area contributed by atoms with Crippen molar-refractivity contribution >= 4 is 5.97 Å². The summed E-state index contributed by atoms with van der Waals surface area (Å²) in [4.78, 5) is 10.1. The van der Waals surface area contributed by atoms with E-state index in [0.29, 0.717) is 13.0 Å². The fraction of sp³-hybridized carbons (Fsp3) is 0.833. The molecule has 1 aliphatic rings. The number of carboxylic acids is 1. The summed E-state index contributed by atoms with van der Waals surface area (Å²) >= 11 is 0. The normalized spacial score (nSPS) is 32.5. The number of rotatable bonds is 2. The van der Waals surface area contributed by atoms with Crippen LogP contribution in [0.5, 0.6) is 0 Å². The molecule has 0 bridgehead atoms. The molecule has 2 N–H and O–H groups in total. The summed E-state index contributed by atoms with van der Waals surface area (Å²) in [5, 5.41) is 11.1. The number of halogens is 1.